The number of rotatable bonds is 7. The van der Waals surface area contributed by atoms with Crippen LogP contribution in [0, 0.1) is 6.92 Å². The summed E-state index contributed by atoms with van der Waals surface area (Å²) in [5, 5.41) is 3.63. The lowest BCUT2D eigenvalue weighted by molar-refractivity contribution is 0.0950. The summed E-state index contributed by atoms with van der Waals surface area (Å²) in [6.07, 6.45) is 6.24. The number of hydrogen-bond acceptors (Lipinski definition) is 3. The lowest BCUT2D eigenvalue weighted by Gasteiger charge is -2.09. The van der Waals surface area contributed by atoms with Crippen LogP contribution >= 0.6 is 11.6 Å². The van der Waals surface area contributed by atoms with Gasteiger partial charge in [0.1, 0.15) is 0 Å². The van der Waals surface area contributed by atoms with Gasteiger partial charge >= 0.3 is 0 Å². The van der Waals surface area contributed by atoms with Crippen molar-refractivity contribution in [2.75, 3.05) is 0 Å². The molecule has 0 atom stereocenters. The first-order valence-corrected chi connectivity index (χ1v) is 11.1. The minimum absolute atomic E-state index is 0.0611. The number of aryl methyl sites for hydroxylation is 1. The standard InChI is InChI=1S/C27H24ClN3O2/c1-18-11-25(28)9-8-23(18)17-31-27(33)24-14-21(15-29-16-24)12-19-4-6-20(7-5-19)13-22-3-2-10-30-26(22)32/h2-11,14-16H,12-13,17H2,1H3,(H,30,32)(H,31,33). The van der Waals surface area contributed by atoms with E-state index in [2.05, 4.69) is 15.3 Å². The highest BCUT2D eigenvalue weighted by Gasteiger charge is 2.09. The Morgan fingerprint density at radius 1 is 0.939 bits per heavy atom. The normalized spacial score (nSPS) is 10.7. The van der Waals surface area contributed by atoms with Crippen molar-refractivity contribution >= 4 is 17.5 Å². The van der Waals surface area contributed by atoms with Crippen LogP contribution in [0.4, 0.5) is 0 Å². The highest BCUT2D eigenvalue weighted by Crippen LogP contribution is 2.16. The predicted octanol–water partition coefficient (Wildman–Crippen LogP) is 4.84. The van der Waals surface area contributed by atoms with E-state index in [1.807, 2.05) is 67.6 Å². The van der Waals surface area contributed by atoms with E-state index in [0.717, 1.165) is 33.4 Å². The molecule has 0 saturated carbocycles. The van der Waals surface area contributed by atoms with Crippen molar-refractivity contribution in [2.24, 2.45) is 0 Å². The molecule has 0 bridgehead atoms. The molecule has 0 unspecified atom stereocenters. The first-order valence-electron chi connectivity index (χ1n) is 10.7. The number of aromatic nitrogens is 2. The van der Waals surface area contributed by atoms with Crippen molar-refractivity contribution in [3.8, 4) is 0 Å². The van der Waals surface area contributed by atoms with Crippen molar-refractivity contribution in [1.29, 1.82) is 0 Å². The molecular formula is C27H24ClN3O2. The van der Waals surface area contributed by atoms with E-state index in [1.54, 1.807) is 18.6 Å². The van der Waals surface area contributed by atoms with Gasteiger partial charge in [-0.1, -0.05) is 48.0 Å². The minimum Gasteiger partial charge on any atom is -0.348 e. The zero-order chi connectivity index (χ0) is 23.2. The lowest BCUT2D eigenvalue weighted by atomic mass is 10.0. The molecule has 4 rings (SSSR count). The Balaban J connectivity index is 1.38. The van der Waals surface area contributed by atoms with Gasteiger partial charge in [0.2, 0.25) is 0 Å². The number of amides is 1. The topological polar surface area (TPSA) is 74.8 Å². The molecule has 0 fully saturated rings. The Hall–Kier alpha value is -3.70. The number of aromatic amines is 1. The Labute approximate surface area is 197 Å². The van der Waals surface area contributed by atoms with E-state index in [9.17, 15) is 9.59 Å². The second-order valence-corrected chi connectivity index (χ2v) is 8.47. The maximum absolute atomic E-state index is 12.6. The smallest absolute Gasteiger partial charge is 0.253 e. The summed E-state index contributed by atoms with van der Waals surface area (Å²) in [6.45, 7) is 2.40. The van der Waals surface area contributed by atoms with E-state index in [4.69, 9.17) is 11.6 Å². The third-order valence-corrected chi connectivity index (χ3v) is 5.76. The summed E-state index contributed by atoms with van der Waals surface area (Å²) in [7, 11) is 0. The van der Waals surface area contributed by atoms with Crippen LogP contribution in [0.2, 0.25) is 5.02 Å². The van der Waals surface area contributed by atoms with Gasteiger partial charge in [0.05, 0.1) is 5.56 Å². The molecule has 166 valence electrons. The molecule has 4 aromatic rings. The number of halogens is 1. The second-order valence-electron chi connectivity index (χ2n) is 8.03. The predicted molar refractivity (Wildman–Crippen MR) is 131 cm³/mol. The summed E-state index contributed by atoms with van der Waals surface area (Å²) in [6, 6.07) is 19.3. The van der Waals surface area contributed by atoms with Crippen molar-refractivity contribution < 1.29 is 4.79 Å². The van der Waals surface area contributed by atoms with Crippen molar-refractivity contribution in [2.45, 2.75) is 26.3 Å². The average molecular weight is 458 g/mol. The monoisotopic (exact) mass is 457 g/mol. The van der Waals surface area contributed by atoms with Crippen LogP contribution < -0.4 is 10.9 Å². The van der Waals surface area contributed by atoms with Gasteiger partial charge in [-0.2, -0.15) is 0 Å². The number of nitrogens with one attached hydrogen (secondary N) is 2. The van der Waals surface area contributed by atoms with Gasteiger partial charge in [0.15, 0.2) is 0 Å². The Morgan fingerprint density at radius 2 is 1.70 bits per heavy atom. The molecule has 1 amide bonds. The number of pyridine rings is 2. The SMILES string of the molecule is Cc1cc(Cl)ccc1CNC(=O)c1cncc(Cc2ccc(Cc3ccc[nH]c3=O)cc2)c1. The molecule has 0 aliphatic heterocycles. The molecule has 2 aromatic heterocycles. The molecular weight excluding hydrogens is 434 g/mol. The largest absolute Gasteiger partial charge is 0.348 e. The maximum atomic E-state index is 12.6. The van der Waals surface area contributed by atoms with Gasteiger partial charge in [-0.3, -0.25) is 14.6 Å². The number of hydrogen-bond donors (Lipinski definition) is 2. The summed E-state index contributed by atoms with van der Waals surface area (Å²) in [4.78, 5) is 31.5. The average Bonchev–Trinajstić information content (AvgIpc) is 2.81. The third-order valence-electron chi connectivity index (χ3n) is 5.53. The second kappa shape index (κ2) is 10.3. The van der Waals surface area contributed by atoms with Crippen molar-refractivity contribution in [3.63, 3.8) is 0 Å². The fourth-order valence-electron chi connectivity index (χ4n) is 3.67. The number of carbonyl (C=O) groups excluding carboxylic acids is 1. The van der Waals surface area contributed by atoms with Crippen LogP contribution in [0.15, 0.2) is 84.0 Å². The Kier molecular flexibility index (Phi) is 7.01. The van der Waals surface area contributed by atoms with Gasteiger partial charge in [-0.25, -0.2) is 0 Å². The highest BCUT2D eigenvalue weighted by molar-refractivity contribution is 6.30. The number of H-pyrrole nitrogens is 1. The van der Waals surface area contributed by atoms with E-state index in [1.165, 1.54) is 0 Å². The summed E-state index contributed by atoms with van der Waals surface area (Å²) in [5.74, 6) is -0.165. The molecule has 2 heterocycles. The first kappa shape index (κ1) is 22.5. The Morgan fingerprint density at radius 3 is 2.42 bits per heavy atom. The zero-order valence-corrected chi connectivity index (χ0v) is 19.0. The fourth-order valence-corrected chi connectivity index (χ4v) is 3.90. The first-order chi connectivity index (χ1) is 16.0. The van der Waals surface area contributed by atoms with Crippen LogP contribution in [0.3, 0.4) is 0 Å². The van der Waals surface area contributed by atoms with Crippen LogP contribution in [-0.4, -0.2) is 15.9 Å². The molecule has 0 saturated heterocycles. The van der Waals surface area contributed by atoms with E-state index < -0.39 is 0 Å². The molecule has 2 N–H and O–H groups in total. The molecule has 2 aromatic carbocycles. The Bertz CT molecular complexity index is 1330. The van der Waals surface area contributed by atoms with Gasteiger partial charge in [0.25, 0.3) is 11.5 Å². The molecule has 0 aliphatic rings. The van der Waals surface area contributed by atoms with Gasteiger partial charge in [-0.15, -0.1) is 0 Å². The van der Waals surface area contributed by atoms with Gasteiger partial charge in [-0.05, 0) is 65.4 Å². The molecule has 0 aliphatic carbocycles. The number of carbonyl (C=O) groups is 1. The molecule has 33 heavy (non-hydrogen) atoms. The van der Waals surface area contributed by atoms with Crippen LogP contribution in [-0.2, 0) is 19.4 Å². The van der Waals surface area contributed by atoms with Crippen LogP contribution in [0.5, 0.6) is 0 Å². The zero-order valence-electron chi connectivity index (χ0n) is 18.3. The van der Waals surface area contributed by atoms with Gasteiger partial charge in [0, 0.05) is 42.1 Å². The highest BCUT2D eigenvalue weighted by atomic mass is 35.5. The number of benzene rings is 2. The number of nitrogens with zero attached hydrogens (tertiary/aromatic N) is 1. The summed E-state index contributed by atoms with van der Waals surface area (Å²) in [5.41, 5.74) is 6.40. The molecule has 6 heteroatoms. The van der Waals surface area contributed by atoms with Crippen LogP contribution in [0.1, 0.15) is 43.7 Å². The van der Waals surface area contributed by atoms with E-state index in [-0.39, 0.29) is 11.5 Å². The fraction of sp³-hybridized carbons (Fsp3) is 0.148. The third kappa shape index (κ3) is 5.96. The van der Waals surface area contributed by atoms with Crippen molar-refractivity contribution in [3.05, 3.63) is 134 Å². The molecule has 0 radical (unpaired) electrons. The minimum atomic E-state index is -0.165. The van der Waals surface area contributed by atoms with Crippen LogP contribution in [0.25, 0.3) is 0 Å². The lowest BCUT2D eigenvalue weighted by Crippen LogP contribution is -2.23. The van der Waals surface area contributed by atoms with E-state index >= 15 is 0 Å². The van der Waals surface area contributed by atoms with Gasteiger partial charge < -0.3 is 10.3 Å². The molecule has 5 nitrogen and oxygen atoms in total. The molecule has 0 spiro atoms. The summed E-state index contributed by atoms with van der Waals surface area (Å²) >= 11 is 6.00. The van der Waals surface area contributed by atoms with Crippen molar-refractivity contribution in [1.82, 2.24) is 15.3 Å². The van der Waals surface area contributed by atoms with E-state index in [0.29, 0.717) is 30.0 Å². The maximum Gasteiger partial charge on any atom is 0.253 e. The summed E-state index contributed by atoms with van der Waals surface area (Å²) < 4.78 is 0. The quantitative estimate of drug-likeness (QED) is 0.417.